The summed E-state index contributed by atoms with van der Waals surface area (Å²) in [6.07, 6.45) is 4.20. The Balaban J connectivity index is 1.66. The maximum Gasteiger partial charge on any atom is 0.269 e. The Bertz CT molecular complexity index is 652. The van der Waals surface area contributed by atoms with Gasteiger partial charge in [-0.2, -0.15) is 0 Å². The van der Waals surface area contributed by atoms with E-state index in [-0.39, 0.29) is 11.8 Å². The van der Waals surface area contributed by atoms with Crippen molar-refractivity contribution in [2.45, 2.75) is 37.8 Å². The lowest BCUT2D eigenvalue weighted by Gasteiger charge is -2.25. The van der Waals surface area contributed by atoms with E-state index in [0.29, 0.717) is 11.8 Å². The van der Waals surface area contributed by atoms with Crippen molar-refractivity contribution in [3.05, 3.63) is 70.3 Å². The first-order chi connectivity index (χ1) is 11.7. The normalized spacial score (nSPS) is 18.2. The van der Waals surface area contributed by atoms with Gasteiger partial charge in [-0.3, -0.25) is 10.1 Å². The number of ether oxygens (including phenoxy) is 1. The van der Waals surface area contributed by atoms with Crippen LogP contribution >= 0.6 is 0 Å². The van der Waals surface area contributed by atoms with E-state index in [1.165, 1.54) is 17.7 Å². The van der Waals surface area contributed by atoms with Crippen LogP contribution < -0.4 is 10.1 Å². The number of nitro groups is 1. The molecule has 1 aliphatic heterocycles. The van der Waals surface area contributed by atoms with Crippen LogP contribution in [0.15, 0.2) is 54.6 Å². The number of benzene rings is 2. The monoisotopic (exact) mass is 326 g/mol. The van der Waals surface area contributed by atoms with Crippen LogP contribution in [0.2, 0.25) is 0 Å². The van der Waals surface area contributed by atoms with Crippen molar-refractivity contribution in [3.8, 4) is 5.75 Å². The smallest absolute Gasteiger partial charge is 0.269 e. The summed E-state index contributed by atoms with van der Waals surface area (Å²) in [5, 5.41) is 14.3. The van der Waals surface area contributed by atoms with Gasteiger partial charge in [-0.05, 0) is 49.9 Å². The largest absolute Gasteiger partial charge is 0.489 e. The fourth-order valence-electron chi connectivity index (χ4n) is 3.15. The van der Waals surface area contributed by atoms with E-state index >= 15 is 0 Å². The van der Waals surface area contributed by atoms with Gasteiger partial charge in [0.2, 0.25) is 0 Å². The van der Waals surface area contributed by atoms with Crippen molar-refractivity contribution in [1.82, 2.24) is 5.32 Å². The number of non-ortho nitro benzene ring substituents is 1. The molecule has 1 unspecified atom stereocenters. The van der Waals surface area contributed by atoms with Crippen LogP contribution in [0.25, 0.3) is 0 Å². The van der Waals surface area contributed by atoms with Gasteiger partial charge in [0.05, 0.1) is 4.92 Å². The molecule has 3 rings (SSSR count). The summed E-state index contributed by atoms with van der Waals surface area (Å²) in [7, 11) is 0. The Labute approximate surface area is 141 Å². The van der Waals surface area contributed by atoms with E-state index in [0.717, 1.165) is 32.2 Å². The van der Waals surface area contributed by atoms with Gasteiger partial charge in [0.15, 0.2) is 0 Å². The molecule has 5 nitrogen and oxygen atoms in total. The van der Waals surface area contributed by atoms with E-state index in [2.05, 4.69) is 29.6 Å². The van der Waals surface area contributed by atoms with Gasteiger partial charge in [0.25, 0.3) is 5.69 Å². The topological polar surface area (TPSA) is 64.4 Å². The average Bonchev–Trinajstić information content (AvgIpc) is 3.14. The molecule has 0 spiro atoms. The second-order valence-electron chi connectivity index (χ2n) is 6.13. The molecular weight excluding hydrogens is 304 g/mol. The van der Waals surface area contributed by atoms with Crippen LogP contribution in [-0.4, -0.2) is 23.6 Å². The predicted molar refractivity (Wildman–Crippen MR) is 93.3 cm³/mol. The van der Waals surface area contributed by atoms with Crippen LogP contribution in [-0.2, 0) is 6.42 Å². The van der Waals surface area contributed by atoms with Crippen LogP contribution in [0, 0.1) is 10.1 Å². The van der Waals surface area contributed by atoms with Gasteiger partial charge >= 0.3 is 0 Å². The summed E-state index contributed by atoms with van der Waals surface area (Å²) in [6.45, 7) is 1.02. The highest BCUT2D eigenvalue weighted by atomic mass is 16.6. The number of hydrogen-bond donors (Lipinski definition) is 1. The second kappa shape index (κ2) is 7.93. The van der Waals surface area contributed by atoms with Crippen LogP contribution in [0.1, 0.15) is 24.8 Å². The van der Waals surface area contributed by atoms with Gasteiger partial charge in [-0.25, -0.2) is 0 Å². The molecule has 126 valence electrons. The third-order valence-electron chi connectivity index (χ3n) is 4.44. The maximum absolute atomic E-state index is 10.8. The van der Waals surface area contributed by atoms with E-state index in [1.54, 1.807) is 12.1 Å². The van der Waals surface area contributed by atoms with E-state index in [4.69, 9.17) is 4.74 Å². The zero-order chi connectivity index (χ0) is 16.8. The molecule has 1 heterocycles. The first-order valence-corrected chi connectivity index (χ1v) is 8.41. The lowest BCUT2D eigenvalue weighted by atomic mass is 10.0. The Morgan fingerprint density at radius 3 is 2.54 bits per heavy atom. The molecule has 5 heteroatoms. The summed E-state index contributed by atoms with van der Waals surface area (Å²) in [4.78, 5) is 10.4. The van der Waals surface area contributed by atoms with Crippen LogP contribution in [0.3, 0.4) is 0 Å². The molecular formula is C19H22N2O3. The molecule has 1 N–H and O–H groups in total. The minimum atomic E-state index is -0.394. The van der Waals surface area contributed by atoms with Gasteiger partial charge in [0, 0.05) is 18.2 Å². The fraction of sp³-hybridized carbons (Fsp3) is 0.368. The van der Waals surface area contributed by atoms with Crippen molar-refractivity contribution in [1.29, 1.82) is 0 Å². The molecule has 1 aliphatic rings. The second-order valence-corrected chi connectivity index (χ2v) is 6.13. The van der Waals surface area contributed by atoms with E-state index < -0.39 is 4.92 Å². The van der Waals surface area contributed by atoms with E-state index in [1.807, 2.05) is 6.07 Å². The number of nitrogens with one attached hydrogen (secondary N) is 1. The summed E-state index contributed by atoms with van der Waals surface area (Å²) >= 11 is 0. The molecule has 0 aliphatic carbocycles. The summed E-state index contributed by atoms with van der Waals surface area (Å²) in [5.41, 5.74) is 1.38. The Morgan fingerprint density at radius 2 is 1.92 bits per heavy atom. The van der Waals surface area contributed by atoms with Gasteiger partial charge in [-0.1, -0.05) is 30.3 Å². The minimum absolute atomic E-state index is 0.0640. The highest BCUT2D eigenvalue weighted by molar-refractivity contribution is 5.36. The standard InChI is InChI=1S/C19H22N2O3/c22-21(23)16-9-11-17(12-10-16)24-19(18-7-4-14-20-18)13-8-15-5-2-1-3-6-15/h1-3,5-6,9-12,18-20H,4,7-8,13-14H2/t18-,19?/m0/s1. The fourth-order valence-corrected chi connectivity index (χ4v) is 3.15. The minimum Gasteiger partial charge on any atom is -0.489 e. The highest BCUT2D eigenvalue weighted by Crippen LogP contribution is 2.23. The number of hydrogen-bond acceptors (Lipinski definition) is 4. The third kappa shape index (κ3) is 4.32. The Kier molecular flexibility index (Phi) is 5.43. The SMILES string of the molecule is O=[N+]([O-])c1ccc(OC(CCc2ccccc2)[C@@H]2CCCN2)cc1. The van der Waals surface area contributed by atoms with Gasteiger partial charge < -0.3 is 10.1 Å². The predicted octanol–water partition coefficient (Wildman–Crippen LogP) is 3.73. The molecule has 0 amide bonds. The summed E-state index contributed by atoms with van der Waals surface area (Å²) < 4.78 is 6.17. The number of rotatable bonds is 7. The zero-order valence-corrected chi connectivity index (χ0v) is 13.6. The van der Waals surface area contributed by atoms with Gasteiger partial charge in [-0.15, -0.1) is 0 Å². The first-order valence-electron chi connectivity index (χ1n) is 8.41. The zero-order valence-electron chi connectivity index (χ0n) is 13.6. The molecule has 1 saturated heterocycles. The average molecular weight is 326 g/mol. The summed E-state index contributed by atoms with van der Waals surface area (Å²) in [6, 6.07) is 17.1. The highest BCUT2D eigenvalue weighted by Gasteiger charge is 2.26. The van der Waals surface area contributed by atoms with Crippen molar-refractivity contribution >= 4 is 5.69 Å². The van der Waals surface area contributed by atoms with Crippen molar-refractivity contribution < 1.29 is 9.66 Å². The molecule has 2 aromatic carbocycles. The van der Waals surface area contributed by atoms with Crippen molar-refractivity contribution in [2.75, 3.05) is 6.54 Å². The number of nitro benzene ring substituents is 1. The van der Waals surface area contributed by atoms with Crippen molar-refractivity contribution in [2.24, 2.45) is 0 Å². The third-order valence-corrected chi connectivity index (χ3v) is 4.44. The van der Waals surface area contributed by atoms with Crippen LogP contribution in [0.4, 0.5) is 5.69 Å². The molecule has 0 saturated carbocycles. The van der Waals surface area contributed by atoms with E-state index in [9.17, 15) is 10.1 Å². The molecule has 2 atom stereocenters. The first kappa shape index (κ1) is 16.5. The summed E-state index contributed by atoms with van der Waals surface area (Å²) in [5.74, 6) is 0.687. The molecule has 1 fully saturated rings. The lowest BCUT2D eigenvalue weighted by molar-refractivity contribution is -0.384. The van der Waals surface area contributed by atoms with Gasteiger partial charge in [0.1, 0.15) is 11.9 Å². The molecule has 0 aromatic heterocycles. The molecule has 2 aromatic rings. The Morgan fingerprint density at radius 1 is 1.17 bits per heavy atom. The molecule has 24 heavy (non-hydrogen) atoms. The quantitative estimate of drug-likeness (QED) is 0.622. The molecule has 0 bridgehead atoms. The van der Waals surface area contributed by atoms with Crippen LogP contribution in [0.5, 0.6) is 5.75 Å². The Hall–Kier alpha value is -2.40. The van der Waals surface area contributed by atoms with Crippen molar-refractivity contribution in [3.63, 3.8) is 0 Å². The lowest BCUT2D eigenvalue weighted by Crippen LogP contribution is -2.39. The number of aryl methyl sites for hydroxylation is 1. The molecule has 0 radical (unpaired) electrons. The maximum atomic E-state index is 10.8. The number of nitrogens with zero attached hydrogens (tertiary/aromatic N) is 1.